The summed E-state index contributed by atoms with van der Waals surface area (Å²) in [7, 11) is -2.87. The first-order valence-corrected chi connectivity index (χ1v) is 9.43. The molecule has 9 heteroatoms. The predicted octanol–water partition coefficient (Wildman–Crippen LogP) is 2.05. The summed E-state index contributed by atoms with van der Waals surface area (Å²) in [6.07, 6.45) is 0. The van der Waals surface area contributed by atoms with E-state index in [-0.39, 0.29) is 28.6 Å². The highest BCUT2D eigenvalue weighted by molar-refractivity contribution is 7.89. The zero-order valence-corrected chi connectivity index (χ0v) is 16.5. The Kier molecular flexibility index (Phi) is 6.99. The minimum Gasteiger partial charge on any atom is -0.465 e. The molecule has 140 valence electrons. The molecule has 0 fully saturated rings. The summed E-state index contributed by atoms with van der Waals surface area (Å²) in [6.45, 7) is 6.72. The van der Waals surface area contributed by atoms with Crippen LogP contribution in [0, 0.1) is 0 Å². The number of esters is 1. The summed E-state index contributed by atoms with van der Waals surface area (Å²) in [6, 6.07) is 3.83. The molecule has 0 saturated carbocycles. The van der Waals surface area contributed by atoms with Crippen LogP contribution in [-0.2, 0) is 19.6 Å². The first kappa shape index (κ1) is 21.4. The molecule has 0 atom stereocenters. The number of amides is 1. The number of methoxy groups -OCH3 is 1. The Morgan fingerprint density at radius 1 is 1.28 bits per heavy atom. The molecule has 0 aliphatic heterocycles. The Labute approximate surface area is 153 Å². The molecule has 0 saturated heterocycles. The number of carbonyl (C=O) groups excluding carboxylic acids is 2. The second-order valence-corrected chi connectivity index (χ2v) is 8.68. The summed E-state index contributed by atoms with van der Waals surface area (Å²) in [5.41, 5.74) is -0.427. The number of sulfonamides is 1. The van der Waals surface area contributed by atoms with E-state index in [0.717, 1.165) is 10.4 Å². The highest BCUT2D eigenvalue weighted by Gasteiger charge is 2.29. The highest BCUT2D eigenvalue weighted by atomic mass is 35.5. The molecule has 1 amide bonds. The standard InChI is InChI=1S/C16H23ClN2O5S/c1-6-19(10-14(20)18-16(2,3)4)25(22,23)13-9-11(15(21)24-5)7-8-12(13)17/h7-9H,6,10H2,1-5H3,(H,18,20). The van der Waals surface area contributed by atoms with Crippen molar-refractivity contribution in [3.05, 3.63) is 28.8 Å². The van der Waals surface area contributed by atoms with Gasteiger partial charge in [-0.2, -0.15) is 4.31 Å². The zero-order valence-electron chi connectivity index (χ0n) is 14.9. The number of likely N-dealkylation sites (N-methyl/N-ethyl adjacent to an activating group) is 1. The number of carbonyl (C=O) groups is 2. The van der Waals surface area contributed by atoms with E-state index in [1.54, 1.807) is 27.7 Å². The lowest BCUT2D eigenvalue weighted by atomic mass is 10.1. The van der Waals surface area contributed by atoms with Crippen molar-refractivity contribution in [1.29, 1.82) is 0 Å². The van der Waals surface area contributed by atoms with E-state index in [1.165, 1.54) is 19.2 Å². The van der Waals surface area contributed by atoms with Gasteiger partial charge in [-0.25, -0.2) is 13.2 Å². The van der Waals surface area contributed by atoms with Crippen molar-refractivity contribution < 1.29 is 22.7 Å². The average Bonchev–Trinajstić information content (AvgIpc) is 2.50. The predicted molar refractivity (Wildman–Crippen MR) is 95.1 cm³/mol. The van der Waals surface area contributed by atoms with Crippen molar-refractivity contribution in [3.8, 4) is 0 Å². The quantitative estimate of drug-likeness (QED) is 0.750. The van der Waals surface area contributed by atoms with Gasteiger partial charge >= 0.3 is 5.97 Å². The number of benzene rings is 1. The van der Waals surface area contributed by atoms with Gasteiger partial charge in [-0.1, -0.05) is 18.5 Å². The Morgan fingerprint density at radius 2 is 1.88 bits per heavy atom. The van der Waals surface area contributed by atoms with E-state index >= 15 is 0 Å². The highest BCUT2D eigenvalue weighted by Crippen LogP contribution is 2.26. The smallest absolute Gasteiger partial charge is 0.337 e. The molecule has 0 spiro atoms. The van der Waals surface area contributed by atoms with E-state index < -0.39 is 27.4 Å². The van der Waals surface area contributed by atoms with Crippen LogP contribution >= 0.6 is 11.6 Å². The molecule has 0 aliphatic rings. The van der Waals surface area contributed by atoms with Gasteiger partial charge < -0.3 is 10.1 Å². The zero-order chi connectivity index (χ0) is 19.4. The fourth-order valence-electron chi connectivity index (χ4n) is 2.07. The van der Waals surface area contributed by atoms with Crippen LogP contribution in [0.25, 0.3) is 0 Å². The van der Waals surface area contributed by atoms with Gasteiger partial charge in [0.2, 0.25) is 15.9 Å². The SMILES string of the molecule is CCN(CC(=O)NC(C)(C)C)S(=O)(=O)c1cc(C(=O)OC)ccc1Cl. The molecule has 7 nitrogen and oxygen atoms in total. The number of hydrogen-bond donors (Lipinski definition) is 1. The van der Waals surface area contributed by atoms with Crippen LogP contribution in [0.1, 0.15) is 38.1 Å². The van der Waals surface area contributed by atoms with Crippen LogP contribution in [0.2, 0.25) is 5.02 Å². The largest absolute Gasteiger partial charge is 0.465 e. The van der Waals surface area contributed by atoms with Crippen LogP contribution in [0.3, 0.4) is 0 Å². The van der Waals surface area contributed by atoms with E-state index in [9.17, 15) is 18.0 Å². The Hall–Kier alpha value is -1.64. The van der Waals surface area contributed by atoms with Gasteiger partial charge in [-0.3, -0.25) is 4.79 Å². The lowest BCUT2D eigenvalue weighted by molar-refractivity contribution is -0.122. The van der Waals surface area contributed by atoms with Gasteiger partial charge in [0.15, 0.2) is 0 Å². The minimum absolute atomic E-state index is 0.0395. The van der Waals surface area contributed by atoms with E-state index in [2.05, 4.69) is 10.1 Å². The number of ether oxygens (including phenoxy) is 1. The third-order valence-corrected chi connectivity index (χ3v) is 5.56. The Bertz CT molecular complexity index is 756. The molecular formula is C16H23ClN2O5S. The first-order valence-electron chi connectivity index (χ1n) is 7.61. The van der Waals surface area contributed by atoms with Crippen LogP contribution in [-0.4, -0.2) is 50.3 Å². The van der Waals surface area contributed by atoms with Crippen molar-refractivity contribution >= 4 is 33.5 Å². The molecule has 25 heavy (non-hydrogen) atoms. The number of rotatable bonds is 6. The lowest BCUT2D eigenvalue weighted by Crippen LogP contribution is -2.47. The Morgan fingerprint density at radius 3 is 2.36 bits per heavy atom. The average molecular weight is 391 g/mol. The van der Waals surface area contributed by atoms with Gasteiger partial charge in [0.25, 0.3) is 0 Å². The summed E-state index contributed by atoms with van der Waals surface area (Å²) in [5.74, 6) is -1.11. The summed E-state index contributed by atoms with van der Waals surface area (Å²) >= 11 is 6.01. The van der Waals surface area contributed by atoms with Gasteiger partial charge in [0.1, 0.15) is 4.90 Å². The van der Waals surface area contributed by atoms with Gasteiger partial charge in [-0.05, 0) is 39.0 Å². The second kappa shape index (κ2) is 8.16. The molecule has 0 aliphatic carbocycles. The van der Waals surface area contributed by atoms with Crippen LogP contribution < -0.4 is 5.32 Å². The number of hydrogen-bond acceptors (Lipinski definition) is 5. The molecule has 0 bridgehead atoms. The summed E-state index contributed by atoms with van der Waals surface area (Å²) in [4.78, 5) is 23.5. The fourth-order valence-corrected chi connectivity index (χ4v) is 3.98. The van der Waals surface area contributed by atoms with E-state index in [1.807, 2.05) is 0 Å². The van der Waals surface area contributed by atoms with Crippen LogP contribution in [0.5, 0.6) is 0 Å². The molecule has 0 radical (unpaired) electrons. The minimum atomic E-state index is -4.06. The number of nitrogens with one attached hydrogen (secondary N) is 1. The molecule has 0 heterocycles. The van der Waals surface area contributed by atoms with Crippen LogP contribution in [0.4, 0.5) is 0 Å². The molecule has 1 rings (SSSR count). The fraction of sp³-hybridized carbons (Fsp3) is 0.500. The monoisotopic (exact) mass is 390 g/mol. The summed E-state index contributed by atoms with van der Waals surface area (Å²) in [5, 5.41) is 2.67. The van der Waals surface area contributed by atoms with Crippen molar-refractivity contribution in [2.75, 3.05) is 20.2 Å². The molecule has 0 unspecified atom stereocenters. The summed E-state index contributed by atoms with van der Waals surface area (Å²) < 4.78 is 31.3. The Balaban J connectivity index is 3.20. The first-order chi connectivity index (χ1) is 11.4. The maximum atomic E-state index is 12.9. The van der Waals surface area contributed by atoms with Gasteiger partial charge in [0, 0.05) is 12.1 Å². The topological polar surface area (TPSA) is 92.8 Å². The lowest BCUT2D eigenvalue weighted by Gasteiger charge is -2.25. The maximum Gasteiger partial charge on any atom is 0.337 e. The maximum absolute atomic E-state index is 12.9. The molecule has 1 aromatic carbocycles. The normalized spacial score (nSPS) is 12.1. The van der Waals surface area contributed by atoms with E-state index in [4.69, 9.17) is 11.6 Å². The van der Waals surface area contributed by atoms with Gasteiger partial charge in [-0.15, -0.1) is 0 Å². The molecule has 1 aromatic rings. The van der Waals surface area contributed by atoms with Gasteiger partial charge in [0.05, 0.1) is 24.2 Å². The molecule has 1 N–H and O–H groups in total. The number of halogens is 1. The number of nitrogens with zero attached hydrogens (tertiary/aromatic N) is 1. The second-order valence-electron chi connectivity index (χ2n) is 6.37. The molecular weight excluding hydrogens is 368 g/mol. The van der Waals surface area contributed by atoms with Crippen molar-refractivity contribution in [3.63, 3.8) is 0 Å². The molecule has 0 aromatic heterocycles. The third kappa shape index (κ3) is 5.69. The van der Waals surface area contributed by atoms with Crippen molar-refractivity contribution in [1.82, 2.24) is 9.62 Å². The van der Waals surface area contributed by atoms with Crippen LogP contribution in [0.15, 0.2) is 23.1 Å². The third-order valence-electron chi connectivity index (χ3n) is 3.16. The van der Waals surface area contributed by atoms with Crippen molar-refractivity contribution in [2.24, 2.45) is 0 Å². The van der Waals surface area contributed by atoms with Crippen molar-refractivity contribution in [2.45, 2.75) is 38.1 Å². The van der Waals surface area contributed by atoms with E-state index in [0.29, 0.717) is 0 Å².